The van der Waals surface area contributed by atoms with Crippen molar-refractivity contribution < 1.29 is 14.3 Å². The molecule has 0 N–H and O–H groups in total. The maximum absolute atomic E-state index is 12.0. The van der Waals surface area contributed by atoms with Crippen molar-refractivity contribution in [2.45, 2.75) is 51.6 Å². The molecule has 110 valence electrons. The molecule has 1 aromatic carbocycles. The van der Waals surface area contributed by atoms with Crippen LogP contribution in [0.1, 0.15) is 56.0 Å². The highest BCUT2D eigenvalue weighted by molar-refractivity contribution is 5.89. The average Bonchev–Trinajstić information content (AvgIpc) is 2.45. The molecule has 1 unspecified atom stereocenters. The van der Waals surface area contributed by atoms with Crippen LogP contribution in [0.4, 0.5) is 0 Å². The van der Waals surface area contributed by atoms with Crippen LogP contribution in [0.5, 0.6) is 0 Å². The van der Waals surface area contributed by atoms with Crippen molar-refractivity contribution in [1.82, 2.24) is 0 Å². The minimum atomic E-state index is -0.264. The van der Waals surface area contributed by atoms with Gasteiger partial charge in [-0.25, -0.2) is 4.79 Å². The van der Waals surface area contributed by atoms with E-state index in [-0.39, 0.29) is 17.5 Å². The maximum atomic E-state index is 12.0. The van der Waals surface area contributed by atoms with Gasteiger partial charge in [-0.1, -0.05) is 32.9 Å². The quantitative estimate of drug-likeness (QED) is 0.789. The molecule has 1 atom stereocenters. The lowest BCUT2D eigenvalue weighted by atomic mass is 9.87. The van der Waals surface area contributed by atoms with Crippen LogP contribution in [0.3, 0.4) is 0 Å². The van der Waals surface area contributed by atoms with Crippen molar-refractivity contribution in [3.63, 3.8) is 0 Å². The summed E-state index contributed by atoms with van der Waals surface area (Å²) in [6.07, 6.45) is 3.32. The van der Waals surface area contributed by atoms with E-state index in [1.807, 2.05) is 24.3 Å². The monoisotopic (exact) mass is 276 g/mol. The Bertz CT molecular complexity index is 436. The summed E-state index contributed by atoms with van der Waals surface area (Å²) in [5.74, 6) is -0.264. The fourth-order valence-electron chi connectivity index (χ4n) is 2.30. The smallest absolute Gasteiger partial charge is 0.338 e. The normalized spacial score (nSPS) is 19.6. The Morgan fingerprint density at radius 3 is 2.50 bits per heavy atom. The van der Waals surface area contributed by atoms with Crippen LogP contribution in [0, 0.1) is 0 Å². The molecule has 0 amide bonds. The number of hydrogen-bond acceptors (Lipinski definition) is 3. The summed E-state index contributed by atoms with van der Waals surface area (Å²) in [7, 11) is 0. The lowest BCUT2D eigenvalue weighted by Gasteiger charge is -2.22. The summed E-state index contributed by atoms with van der Waals surface area (Å²) < 4.78 is 10.9. The molecule has 0 aromatic heterocycles. The van der Waals surface area contributed by atoms with Gasteiger partial charge in [0, 0.05) is 6.61 Å². The summed E-state index contributed by atoms with van der Waals surface area (Å²) in [6.45, 7) is 7.60. The molecule has 2 rings (SSSR count). The standard InChI is InChI=1S/C17H24O3/c1-17(2,3)14-9-7-13(8-10-14)16(18)20-12-15-6-4-5-11-19-15/h7-10,15H,4-6,11-12H2,1-3H3. The number of benzene rings is 1. The molecular formula is C17H24O3. The van der Waals surface area contributed by atoms with Crippen molar-refractivity contribution in [2.75, 3.05) is 13.2 Å². The first kappa shape index (κ1) is 15.0. The highest BCUT2D eigenvalue weighted by Crippen LogP contribution is 2.22. The molecule has 0 bridgehead atoms. The average molecular weight is 276 g/mol. The van der Waals surface area contributed by atoms with E-state index in [1.54, 1.807) is 0 Å². The Hall–Kier alpha value is -1.35. The van der Waals surface area contributed by atoms with E-state index in [4.69, 9.17) is 9.47 Å². The Labute approximate surface area is 121 Å². The van der Waals surface area contributed by atoms with E-state index >= 15 is 0 Å². The number of esters is 1. The molecule has 0 saturated carbocycles. The van der Waals surface area contributed by atoms with Crippen molar-refractivity contribution in [3.8, 4) is 0 Å². The predicted octanol–water partition coefficient (Wildman–Crippen LogP) is 3.71. The van der Waals surface area contributed by atoms with Gasteiger partial charge in [0.15, 0.2) is 0 Å². The number of carbonyl (C=O) groups is 1. The fourth-order valence-corrected chi connectivity index (χ4v) is 2.30. The highest BCUT2D eigenvalue weighted by atomic mass is 16.6. The zero-order chi connectivity index (χ0) is 14.6. The van der Waals surface area contributed by atoms with Gasteiger partial charge in [0.2, 0.25) is 0 Å². The van der Waals surface area contributed by atoms with E-state index in [0.29, 0.717) is 12.2 Å². The first-order valence-corrected chi connectivity index (χ1v) is 7.36. The van der Waals surface area contributed by atoms with Gasteiger partial charge in [-0.05, 0) is 42.4 Å². The molecule has 1 saturated heterocycles. The number of ether oxygens (including phenoxy) is 2. The molecule has 1 fully saturated rings. The molecule has 20 heavy (non-hydrogen) atoms. The zero-order valence-electron chi connectivity index (χ0n) is 12.6. The van der Waals surface area contributed by atoms with E-state index in [2.05, 4.69) is 20.8 Å². The summed E-state index contributed by atoms with van der Waals surface area (Å²) in [6, 6.07) is 7.66. The second-order valence-electron chi connectivity index (χ2n) is 6.41. The van der Waals surface area contributed by atoms with Gasteiger partial charge in [0.1, 0.15) is 6.61 Å². The Morgan fingerprint density at radius 2 is 1.95 bits per heavy atom. The summed E-state index contributed by atoms with van der Waals surface area (Å²) >= 11 is 0. The van der Waals surface area contributed by atoms with Crippen LogP contribution in [-0.2, 0) is 14.9 Å². The van der Waals surface area contributed by atoms with Gasteiger partial charge in [-0.3, -0.25) is 0 Å². The van der Waals surface area contributed by atoms with Gasteiger partial charge < -0.3 is 9.47 Å². The Morgan fingerprint density at radius 1 is 1.25 bits per heavy atom. The lowest BCUT2D eigenvalue weighted by molar-refractivity contribution is -0.0300. The summed E-state index contributed by atoms with van der Waals surface area (Å²) in [5.41, 5.74) is 1.91. The van der Waals surface area contributed by atoms with E-state index < -0.39 is 0 Å². The van der Waals surface area contributed by atoms with Gasteiger partial charge in [-0.2, -0.15) is 0 Å². The fraction of sp³-hybridized carbons (Fsp3) is 0.588. The third-order valence-corrected chi connectivity index (χ3v) is 3.66. The first-order chi connectivity index (χ1) is 9.47. The molecule has 1 aliphatic heterocycles. The Balaban J connectivity index is 1.89. The number of carbonyl (C=O) groups excluding carboxylic acids is 1. The minimum absolute atomic E-state index is 0.0709. The first-order valence-electron chi connectivity index (χ1n) is 7.36. The van der Waals surface area contributed by atoms with Crippen LogP contribution in [0.25, 0.3) is 0 Å². The van der Waals surface area contributed by atoms with Crippen LogP contribution < -0.4 is 0 Å². The minimum Gasteiger partial charge on any atom is -0.459 e. The van der Waals surface area contributed by atoms with Gasteiger partial charge >= 0.3 is 5.97 Å². The lowest BCUT2D eigenvalue weighted by Crippen LogP contribution is -2.26. The summed E-state index contributed by atoms with van der Waals surface area (Å²) in [4.78, 5) is 12.0. The molecule has 1 heterocycles. The van der Waals surface area contributed by atoms with E-state index in [9.17, 15) is 4.79 Å². The zero-order valence-corrected chi connectivity index (χ0v) is 12.6. The molecule has 3 nitrogen and oxygen atoms in total. The molecule has 3 heteroatoms. The van der Waals surface area contributed by atoms with Crippen LogP contribution >= 0.6 is 0 Å². The van der Waals surface area contributed by atoms with Gasteiger partial charge in [0.05, 0.1) is 11.7 Å². The van der Waals surface area contributed by atoms with Crippen molar-refractivity contribution in [2.24, 2.45) is 0 Å². The predicted molar refractivity (Wildman–Crippen MR) is 79.0 cm³/mol. The Kier molecular flexibility index (Phi) is 4.81. The van der Waals surface area contributed by atoms with Crippen molar-refractivity contribution in [1.29, 1.82) is 0 Å². The third kappa shape index (κ3) is 4.07. The number of hydrogen-bond donors (Lipinski definition) is 0. The van der Waals surface area contributed by atoms with Crippen LogP contribution in [0.2, 0.25) is 0 Å². The highest BCUT2D eigenvalue weighted by Gasteiger charge is 2.18. The van der Waals surface area contributed by atoms with Crippen molar-refractivity contribution >= 4 is 5.97 Å². The van der Waals surface area contributed by atoms with Crippen molar-refractivity contribution in [3.05, 3.63) is 35.4 Å². The molecule has 1 aromatic rings. The molecule has 0 spiro atoms. The largest absolute Gasteiger partial charge is 0.459 e. The molecule has 0 aliphatic carbocycles. The van der Waals surface area contributed by atoms with Crippen LogP contribution in [0.15, 0.2) is 24.3 Å². The second-order valence-corrected chi connectivity index (χ2v) is 6.41. The number of rotatable bonds is 3. The molecule has 1 aliphatic rings. The summed E-state index contributed by atoms with van der Waals surface area (Å²) in [5, 5.41) is 0. The van der Waals surface area contributed by atoms with Crippen LogP contribution in [-0.4, -0.2) is 25.3 Å². The van der Waals surface area contributed by atoms with Gasteiger partial charge in [0.25, 0.3) is 0 Å². The van der Waals surface area contributed by atoms with Gasteiger partial charge in [-0.15, -0.1) is 0 Å². The SMILES string of the molecule is CC(C)(C)c1ccc(C(=O)OCC2CCCCO2)cc1. The topological polar surface area (TPSA) is 35.5 Å². The molecule has 0 radical (unpaired) electrons. The maximum Gasteiger partial charge on any atom is 0.338 e. The van der Waals surface area contributed by atoms with E-state index in [0.717, 1.165) is 25.9 Å². The second kappa shape index (κ2) is 6.40. The third-order valence-electron chi connectivity index (χ3n) is 3.66. The molecular weight excluding hydrogens is 252 g/mol. The van der Waals surface area contributed by atoms with E-state index in [1.165, 1.54) is 5.56 Å².